The number of fused-ring (bicyclic) bond motifs is 1. The number of aromatic amines is 1. The van der Waals surface area contributed by atoms with E-state index in [0.717, 1.165) is 42.5 Å². The van der Waals surface area contributed by atoms with Crippen molar-refractivity contribution in [3.8, 4) is 0 Å². The zero-order valence-electron chi connectivity index (χ0n) is 17.0. The van der Waals surface area contributed by atoms with Crippen molar-refractivity contribution in [2.75, 3.05) is 44.5 Å². The minimum absolute atomic E-state index is 0.238. The molecule has 1 atom stereocenters. The van der Waals surface area contributed by atoms with Gasteiger partial charge in [0.25, 0.3) is 0 Å². The number of aromatic nitrogens is 3. The predicted molar refractivity (Wildman–Crippen MR) is 114 cm³/mol. The summed E-state index contributed by atoms with van der Waals surface area (Å²) < 4.78 is 22.8. The van der Waals surface area contributed by atoms with Crippen LogP contribution in [0, 0.1) is 12.5 Å². The van der Waals surface area contributed by atoms with Gasteiger partial charge in [0, 0.05) is 32.1 Å². The fourth-order valence-corrected chi connectivity index (χ4v) is 7.29. The topological polar surface area (TPSA) is 87.8 Å². The Hall–Kier alpha value is -2.18. The van der Waals surface area contributed by atoms with Gasteiger partial charge in [-0.05, 0) is 37.7 Å². The maximum absolute atomic E-state index is 13.6. The highest BCUT2D eigenvalue weighted by molar-refractivity contribution is 7.95. The molecule has 1 saturated carbocycles. The Labute approximate surface area is 172 Å². The van der Waals surface area contributed by atoms with Crippen LogP contribution in [0.2, 0.25) is 0 Å². The van der Waals surface area contributed by atoms with E-state index in [1.165, 1.54) is 0 Å². The van der Waals surface area contributed by atoms with E-state index in [0.29, 0.717) is 30.9 Å². The van der Waals surface area contributed by atoms with Gasteiger partial charge in [-0.3, -0.25) is 0 Å². The van der Waals surface area contributed by atoms with Crippen LogP contribution in [0.5, 0.6) is 0 Å². The van der Waals surface area contributed by atoms with E-state index in [1.54, 1.807) is 13.4 Å². The molecule has 9 heteroatoms. The van der Waals surface area contributed by atoms with Crippen LogP contribution >= 0.6 is 0 Å². The summed E-state index contributed by atoms with van der Waals surface area (Å²) in [6, 6.07) is 2.42. The van der Waals surface area contributed by atoms with Crippen molar-refractivity contribution in [2.24, 2.45) is 10.3 Å². The smallest absolute Gasteiger partial charge is 0.237 e. The maximum atomic E-state index is 13.6. The first-order valence-corrected chi connectivity index (χ1v) is 11.7. The third-order valence-electron chi connectivity index (χ3n) is 6.56. The second kappa shape index (κ2) is 7.92. The van der Waals surface area contributed by atoms with Crippen molar-refractivity contribution < 1.29 is 8.95 Å². The fourth-order valence-electron chi connectivity index (χ4n) is 4.63. The van der Waals surface area contributed by atoms with Gasteiger partial charge in [-0.2, -0.15) is 0 Å². The second-order valence-corrected chi connectivity index (χ2v) is 11.0. The molecule has 1 unspecified atom stereocenters. The third kappa shape index (κ3) is 3.49. The average molecular weight is 417 g/mol. The lowest BCUT2D eigenvalue weighted by atomic mass is 9.86. The summed E-state index contributed by atoms with van der Waals surface area (Å²) >= 11 is 0. The fraction of sp³-hybridized carbons (Fsp3) is 0.650. The van der Waals surface area contributed by atoms with Gasteiger partial charge in [0.05, 0.1) is 28.3 Å². The number of ether oxygens (including phenoxy) is 1. The molecule has 8 nitrogen and oxygen atoms in total. The van der Waals surface area contributed by atoms with E-state index < -0.39 is 14.5 Å². The Morgan fingerprint density at radius 1 is 1.38 bits per heavy atom. The number of nitrogens with one attached hydrogen (secondary N) is 1. The number of nitrogens with zero attached hydrogens (tertiary/aromatic N) is 5. The average Bonchev–Trinajstić information content (AvgIpc) is 3.19. The van der Waals surface area contributed by atoms with Crippen LogP contribution in [0.3, 0.4) is 0 Å². The van der Waals surface area contributed by atoms with Gasteiger partial charge in [-0.1, -0.05) is 0 Å². The van der Waals surface area contributed by atoms with Crippen LogP contribution in [0.4, 0.5) is 5.82 Å². The first-order chi connectivity index (χ1) is 14.0. The number of H-pyrrole nitrogens is 1. The van der Waals surface area contributed by atoms with Gasteiger partial charge in [0.15, 0.2) is 4.75 Å². The number of rotatable bonds is 6. The number of anilines is 1. The molecule has 0 aromatic carbocycles. The predicted octanol–water partition coefficient (Wildman–Crippen LogP) is 2.74. The largest absolute Gasteiger partial charge is 0.377 e. The lowest BCUT2D eigenvalue weighted by Crippen LogP contribution is -2.59. The Kier molecular flexibility index (Phi) is 5.49. The Morgan fingerprint density at radius 2 is 2.14 bits per heavy atom. The molecule has 1 aliphatic heterocycles. The highest BCUT2D eigenvalue weighted by atomic mass is 32.2. The summed E-state index contributed by atoms with van der Waals surface area (Å²) in [5, 5.41) is 1.04. The van der Waals surface area contributed by atoms with Crippen LogP contribution < -0.4 is 4.90 Å². The normalized spacial score (nSPS) is 25.6. The molecule has 0 spiro atoms. The molecule has 2 aromatic rings. The number of hydrogen-bond donors (Lipinski definition) is 1. The zero-order valence-corrected chi connectivity index (χ0v) is 17.8. The van der Waals surface area contributed by atoms with Crippen LogP contribution in [-0.4, -0.2) is 69.6 Å². The molecular weight excluding hydrogens is 388 g/mol. The maximum Gasteiger partial charge on any atom is 0.237 e. The SMILES string of the molecule is [C-]#[N+]CC1(S(=O)(CC2CCC(N(C)c3ncnc4[nH]ccc34)CC2)=NC)COC1. The molecule has 0 radical (unpaired) electrons. The molecule has 0 amide bonds. The monoisotopic (exact) mass is 416 g/mol. The molecule has 156 valence electrons. The molecular formula is C20H28N6O2S. The molecule has 3 heterocycles. The van der Waals surface area contributed by atoms with Crippen molar-refractivity contribution in [3.05, 3.63) is 30.0 Å². The molecule has 2 aliphatic rings. The van der Waals surface area contributed by atoms with E-state index in [9.17, 15) is 4.21 Å². The van der Waals surface area contributed by atoms with E-state index in [2.05, 4.69) is 36.1 Å². The van der Waals surface area contributed by atoms with Crippen LogP contribution in [-0.2, 0) is 14.5 Å². The Balaban J connectivity index is 1.42. The first-order valence-electron chi connectivity index (χ1n) is 10.1. The Bertz CT molecular complexity index is 1020. The van der Waals surface area contributed by atoms with Crippen LogP contribution in [0.25, 0.3) is 15.9 Å². The molecule has 1 saturated heterocycles. The summed E-state index contributed by atoms with van der Waals surface area (Å²) in [6.45, 7) is 8.28. The molecule has 1 aliphatic carbocycles. The number of hydrogen-bond acceptors (Lipinski definition) is 6. The van der Waals surface area contributed by atoms with Crippen molar-refractivity contribution in [1.29, 1.82) is 0 Å². The molecule has 2 fully saturated rings. The summed E-state index contributed by atoms with van der Waals surface area (Å²) in [7, 11) is 1.28. The van der Waals surface area contributed by atoms with E-state index >= 15 is 0 Å². The lowest BCUT2D eigenvalue weighted by molar-refractivity contribution is -0.00474. The summed E-state index contributed by atoms with van der Waals surface area (Å²) in [6.07, 6.45) is 7.58. The van der Waals surface area contributed by atoms with Crippen molar-refractivity contribution in [2.45, 2.75) is 36.5 Å². The third-order valence-corrected chi connectivity index (χ3v) is 9.79. The highest BCUT2D eigenvalue weighted by Crippen LogP contribution is 2.36. The quantitative estimate of drug-likeness (QED) is 0.732. The van der Waals surface area contributed by atoms with Gasteiger partial charge in [-0.15, -0.1) is 0 Å². The second-order valence-electron chi connectivity index (χ2n) is 8.20. The van der Waals surface area contributed by atoms with Gasteiger partial charge in [-0.25, -0.2) is 25.1 Å². The van der Waals surface area contributed by atoms with E-state index in [4.69, 9.17) is 11.3 Å². The first kappa shape index (κ1) is 20.1. The minimum atomic E-state index is -2.46. The molecule has 2 aromatic heterocycles. The zero-order chi connectivity index (χ0) is 20.5. The van der Waals surface area contributed by atoms with Crippen LogP contribution in [0.15, 0.2) is 23.0 Å². The van der Waals surface area contributed by atoms with Crippen molar-refractivity contribution >= 4 is 26.6 Å². The van der Waals surface area contributed by atoms with E-state index in [-0.39, 0.29) is 6.54 Å². The summed E-state index contributed by atoms with van der Waals surface area (Å²) in [4.78, 5) is 17.7. The van der Waals surface area contributed by atoms with Gasteiger partial charge in [0.1, 0.15) is 17.8 Å². The Morgan fingerprint density at radius 3 is 2.76 bits per heavy atom. The van der Waals surface area contributed by atoms with Crippen molar-refractivity contribution in [1.82, 2.24) is 15.0 Å². The van der Waals surface area contributed by atoms with Gasteiger partial charge in [0.2, 0.25) is 6.54 Å². The summed E-state index contributed by atoms with van der Waals surface area (Å²) in [5.41, 5.74) is 0.854. The highest BCUT2D eigenvalue weighted by Gasteiger charge is 2.52. The van der Waals surface area contributed by atoms with Gasteiger partial charge < -0.3 is 19.5 Å². The molecule has 29 heavy (non-hydrogen) atoms. The van der Waals surface area contributed by atoms with E-state index in [1.807, 2.05) is 12.3 Å². The lowest BCUT2D eigenvalue weighted by Gasteiger charge is -2.41. The molecule has 1 N–H and O–H groups in total. The van der Waals surface area contributed by atoms with Gasteiger partial charge >= 0.3 is 0 Å². The van der Waals surface area contributed by atoms with Crippen LogP contribution in [0.1, 0.15) is 25.7 Å². The molecule has 4 rings (SSSR count). The van der Waals surface area contributed by atoms with Crippen molar-refractivity contribution in [3.63, 3.8) is 0 Å². The standard InChI is InChI=1S/C20H28N6O2S/c1-21-11-20(12-28-13-20)29(27,22-2)10-15-4-6-16(7-5-15)26(3)19-17-8-9-23-18(17)24-14-25-19/h8-9,14-16H,4-7,10-13H2,2-3H3,(H,23,24,25). The molecule has 0 bridgehead atoms. The summed E-state index contributed by atoms with van der Waals surface area (Å²) in [5.74, 6) is 1.90. The minimum Gasteiger partial charge on any atom is -0.377 e.